The van der Waals surface area contributed by atoms with Crippen LogP contribution in [0.25, 0.3) is 0 Å². The van der Waals surface area contributed by atoms with Crippen molar-refractivity contribution in [3.05, 3.63) is 41.0 Å². The summed E-state index contributed by atoms with van der Waals surface area (Å²) in [5, 5.41) is 40.1. The first-order valence-corrected chi connectivity index (χ1v) is 17.0. The normalized spacial score (nSPS) is 33.1. The van der Waals surface area contributed by atoms with Crippen LogP contribution in [0.2, 0.25) is 0 Å². The summed E-state index contributed by atoms with van der Waals surface area (Å²) in [6.45, 7) is 1.26. The van der Waals surface area contributed by atoms with E-state index in [1.807, 2.05) is 0 Å². The molecule has 9 unspecified atom stereocenters. The number of cyclic esters (lactones) is 1. The molecular weight excluding hydrogens is 684 g/mol. The van der Waals surface area contributed by atoms with E-state index in [0.717, 1.165) is 0 Å². The Kier molecular flexibility index (Phi) is 10.0. The van der Waals surface area contributed by atoms with Gasteiger partial charge in [0.25, 0.3) is 0 Å². The first-order valence-electron chi connectivity index (χ1n) is 16.0. The van der Waals surface area contributed by atoms with E-state index in [1.54, 1.807) is 31.2 Å². The minimum atomic E-state index is -1.48. The summed E-state index contributed by atoms with van der Waals surface area (Å²) in [7, 11) is 2.78. The van der Waals surface area contributed by atoms with Crippen LogP contribution in [0, 0.1) is 11.8 Å². The van der Waals surface area contributed by atoms with E-state index in [4.69, 9.17) is 52.5 Å². The van der Waals surface area contributed by atoms with Gasteiger partial charge in [-0.2, -0.15) is 0 Å². The van der Waals surface area contributed by atoms with Crippen molar-refractivity contribution in [3.63, 3.8) is 0 Å². The largest absolute Gasteiger partial charge is 0.493 e. The molecule has 0 amide bonds. The van der Waals surface area contributed by atoms with Crippen molar-refractivity contribution in [2.45, 2.75) is 62.0 Å². The second-order valence-electron chi connectivity index (χ2n) is 12.5. The Morgan fingerprint density at radius 1 is 0.980 bits per heavy atom. The fraction of sp³-hybridized carbons (Fsp3) is 0.576. The smallest absolute Gasteiger partial charge is 0.373 e. The minimum absolute atomic E-state index is 0.0133. The molecule has 5 aliphatic rings. The van der Waals surface area contributed by atoms with E-state index in [-0.39, 0.29) is 43.0 Å². The number of rotatable bonds is 9. The number of hydrogen-bond acceptors (Lipinski definition) is 17. The summed E-state index contributed by atoms with van der Waals surface area (Å²) < 4.78 is 57.7. The molecule has 0 spiro atoms. The van der Waals surface area contributed by atoms with Gasteiger partial charge in [0, 0.05) is 17.6 Å². The number of aliphatic hydroxyl groups excluding tert-OH is 4. The van der Waals surface area contributed by atoms with Crippen molar-refractivity contribution >= 4 is 23.0 Å². The van der Waals surface area contributed by atoms with Gasteiger partial charge in [-0.3, -0.25) is 4.79 Å². The lowest BCUT2D eigenvalue weighted by molar-refractivity contribution is -0.364. The van der Waals surface area contributed by atoms with Crippen LogP contribution in [-0.2, 0) is 28.5 Å². The maximum atomic E-state index is 13.6. The Hall–Kier alpha value is -3.39. The zero-order valence-corrected chi connectivity index (χ0v) is 28.1. The molecule has 0 aromatic heterocycles. The number of ether oxygens (including phenoxy) is 10. The lowest BCUT2D eigenvalue weighted by Gasteiger charge is -2.47. The first kappa shape index (κ1) is 35.0. The van der Waals surface area contributed by atoms with Crippen molar-refractivity contribution < 1.29 is 77.4 Å². The van der Waals surface area contributed by atoms with Crippen LogP contribution in [0.1, 0.15) is 35.6 Å². The number of carbonyl (C=O) groups excluding carboxylic acids is 2. The summed E-state index contributed by atoms with van der Waals surface area (Å²) in [6.07, 6.45) is -8.23. The van der Waals surface area contributed by atoms with Gasteiger partial charge >= 0.3 is 11.3 Å². The molecule has 272 valence electrons. The van der Waals surface area contributed by atoms with Crippen LogP contribution in [0.15, 0.2) is 24.3 Å². The van der Waals surface area contributed by atoms with Gasteiger partial charge in [-0.15, -0.1) is 0 Å². The van der Waals surface area contributed by atoms with E-state index >= 15 is 0 Å². The summed E-state index contributed by atoms with van der Waals surface area (Å²) in [5.41, 5.74) is 1.80. The number of methoxy groups -OCH3 is 2. The standard InChI is InChI=1S/C33H38O16S/c1-13-42-10-23-30(46-13)26(36)27(37)32(47-23)48-28-17-7-20-19(44-12-45-20)6-16(17)24(25-18(28)9-43-31(25)38)14-4-21(40-2)29(22(5-14)41-3)49-33(39)50-11-15(35)8-34/h4-7,13,15,18,23-28,30,32,34-37H,8-12H2,1-3H3/t13?,15?,18?,23?,24-,25+,26?,27?,28?,30?,32?/m1/s1. The van der Waals surface area contributed by atoms with E-state index in [2.05, 4.69) is 0 Å². The topological polar surface area (TPSA) is 207 Å². The third kappa shape index (κ3) is 6.35. The molecular formula is C33H38O16S. The van der Waals surface area contributed by atoms with Gasteiger partial charge < -0.3 is 67.8 Å². The molecule has 1 aliphatic carbocycles. The number of esters is 1. The number of thioether (sulfide) groups is 1. The molecule has 16 nitrogen and oxygen atoms in total. The molecule has 0 bridgehead atoms. The van der Waals surface area contributed by atoms with Crippen molar-refractivity contribution in [3.8, 4) is 28.7 Å². The summed E-state index contributed by atoms with van der Waals surface area (Å²) in [6, 6.07) is 6.80. The van der Waals surface area contributed by atoms with Gasteiger partial charge in [-0.05, 0) is 59.6 Å². The highest BCUT2D eigenvalue weighted by atomic mass is 32.2. The van der Waals surface area contributed by atoms with Gasteiger partial charge in [-0.1, -0.05) is 0 Å². The first-order chi connectivity index (χ1) is 24.1. The highest BCUT2D eigenvalue weighted by Gasteiger charge is 2.56. The van der Waals surface area contributed by atoms with Crippen molar-refractivity contribution in [2.24, 2.45) is 11.8 Å². The minimum Gasteiger partial charge on any atom is -0.493 e. The Balaban J connectivity index is 1.26. The lowest BCUT2D eigenvalue weighted by atomic mass is 9.66. The molecule has 4 heterocycles. The van der Waals surface area contributed by atoms with Gasteiger partial charge in [0.05, 0.1) is 52.2 Å². The second-order valence-corrected chi connectivity index (χ2v) is 13.4. The molecule has 0 saturated carbocycles. The number of carbonyl (C=O) groups is 2. The fourth-order valence-corrected chi connectivity index (χ4v) is 7.73. The van der Waals surface area contributed by atoms with Gasteiger partial charge in [-0.25, -0.2) is 4.79 Å². The zero-order chi connectivity index (χ0) is 35.3. The van der Waals surface area contributed by atoms with Crippen molar-refractivity contribution in [1.82, 2.24) is 0 Å². The predicted octanol–water partition coefficient (Wildman–Crippen LogP) is 1.22. The molecule has 17 heteroatoms. The fourth-order valence-electron chi connectivity index (χ4n) is 7.15. The highest BCUT2D eigenvalue weighted by molar-refractivity contribution is 8.13. The molecule has 3 saturated heterocycles. The van der Waals surface area contributed by atoms with Gasteiger partial charge in [0.15, 0.2) is 35.6 Å². The number of hydrogen-bond donors (Lipinski definition) is 4. The molecule has 3 fully saturated rings. The third-order valence-corrected chi connectivity index (χ3v) is 10.4. The molecule has 7 rings (SSSR count). The molecule has 50 heavy (non-hydrogen) atoms. The van der Waals surface area contributed by atoms with Crippen LogP contribution in [0.3, 0.4) is 0 Å². The predicted molar refractivity (Wildman–Crippen MR) is 168 cm³/mol. The summed E-state index contributed by atoms with van der Waals surface area (Å²) in [4.78, 5) is 26.3. The van der Waals surface area contributed by atoms with Gasteiger partial charge in [0.2, 0.25) is 12.5 Å². The number of fused-ring (bicyclic) bond motifs is 4. The highest BCUT2D eigenvalue weighted by Crippen LogP contribution is 2.57. The van der Waals surface area contributed by atoms with Crippen molar-refractivity contribution in [2.75, 3.05) is 46.6 Å². The average Bonchev–Trinajstić information content (AvgIpc) is 3.74. The summed E-state index contributed by atoms with van der Waals surface area (Å²) >= 11 is 0.670. The Bertz CT molecular complexity index is 1580. The van der Waals surface area contributed by atoms with E-state index in [9.17, 15) is 24.9 Å². The third-order valence-electron chi connectivity index (χ3n) is 9.52. The Morgan fingerprint density at radius 3 is 2.36 bits per heavy atom. The van der Waals surface area contributed by atoms with Gasteiger partial charge in [0.1, 0.15) is 24.4 Å². The molecule has 4 N–H and O–H groups in total. The molecule has 2 aromatic carbocycles. The Labute approximate surface area is 290 Å². The van der Waals surface area contributed by atoms with E-state index in [0.29, 0.717) is 40.0 Å². The SMILES string of the molecule is COc1cc([C@@H]2c3cc4c(cc3C(OC3OC5COC(C)OC5C(O)C3O)C3COC(=O)[C@@H]32)OCO4)cc(OC)c1OC(=O)SCC(O)CO. The summed E-state index contributed by atoms with van der Waals surface area (Å²) in [5.74, 6) is -1.51. The zero-order valence-electron chi connectivity index (χ0n) is 27.3. The van der Waals surface area contributed by atoms with Crippen LogP contribution >= 0.6 is 11.8 Å². The average molecular weight is 723 g/mol. The maximum absolute atomic E-state index is 13.6. The molecule has 4 aliphatic heterocycles. The number of aliphatic hydroxyl groups is 4. The quantitative estimate of drug-likeness (QED) is 0.268. The van der Waals surface area contributed by atoms with Crippen LogP contribution in [-0.4, -0.2) is 121 Å². The van der Waals surface area contributed by atoms with E-state index < -0.39 is 84.8 Å². The van der Waals surface area contributed by atoms with Crippen molar-refractivity contribution in [1.29, 1.82) is 0 Å². The maximum Gasteiger partial charge on any atom is 0.373 e. The molecule has 2 aromatic rings. The number of benzene rings is 2. The van der Waals surface area contributed by atoms with Crippen LogP contribution in [0.5, 0.6) is 28.7 Å². The lowest BCUT2D eigenvalue weighted by Crippen LogP contribution is -2.63. The molecule has 0 radical (unpaired) electrons. The molecule has 11 atom stereocenters. The monoisotopic (exact) mass is 722 g/mol. The van der Waals surface area contributed by atoms with Crippen LogP contribution in [0.4, 0.5) is 4.79 Å². The Morgan fingerprint density at radius 2 is 1.68 bits per heavy atom. The van der Waals surface area contributed by atoms with E-state index in [1.165, 1.54) is 14.2 Å². The van der Waals surface area contributed by atoms with Crippen LogP contribution < -0.4 is 23.7 Å². The second kappa shape index (κ2) is 14.3.